The summed E-state index contributed by atoms with van der Waals surface area (Å²) in [7, 11) is 0. The number of fused-ring (bicyclic) bond motifs is 1. The Labute approximate surface area is 179 Å². The van der Waals surface area contributed by atoms with E-state index in [1.165, 1.54) is 0 Å². The van der Waals surface area contributed by atoms with Crippen LogP contribution in [0.5, 0.6) is 5.75 Å². The lowest BCUT2D eigenvalue weighted by atomic mass is 9.96. The molecule has 0 aliphatic carbocycles. The van der Waals surface area contributed by atoms with E-state index in [2.05, 4.69) is 15.3 Å². The molecule has 4 rings (SSSR count). The summed E-state index contributed by atoms with van der Waals surface area (Å²) in [4.78, 5) is 8.84. The number of aromatic nitrogens is 2. The van der Waals surface area contributed by atoms with Crippen LogP contribution in [0, 0.1) is 0 Å². The monoisotopic (exact) mass is 423 g/mol. The summed E-state index contributed by atoms with van der Waals surface area (Å²) >= 11 is 12.2. The first-order valence-corrected chi connectivity index (χ1v) is 10.1. The summed E-state index contributed by atoms with van der Waals surface area (Å²) in [6, 6.07) is 16.7. The zero-order valence-electron chi connectivity index (χ0n) is 15.7. The van der Waals surface area contributed by atoms with Gasteiger partial charge in [0.15, 0.2) is 0 Å². The topological polar surface area (TPSA) is 58.0 Å². The highest BCUT2D eigenvalue weighted by Crippen LogP contribution is 2.37. The number of benzene rings is 2. The molecular weight excluding hydrogens is 405 g/mol. The molecule has 4 aromatic rings. The van der Waals surface area contributed by atoms with Crippen LogP contribution >= 0.6 is 23.2 Å². The van der Waals surface area contributed by atoms with Gasteiger partial charge in [0.05, 0.1) is 11.1 Å². The Bertz CT molecular complexity index is 1160. The highest BCUT2D eigenvalue weighted by Gasteiger charge is 2.21. The maximum atomic E-state index is 11.0. The number of nitrogens with one attached hydrogen (secondary N) is 1. The van der Waals surface area contributed by atoms with Crippen LogP contribution in [0.15, 0.2) is 67.0 Å². The average Bonchev–Trinajstić information content (AvgIpc) is 2.74. The summed E-state index contributed by atoms with van der Waals surface area (Å²) in [5.74, 6) is 0.861. The molecule has 0 bridgehead atoms. The standard InChI is InChI=1S/C23H19Cl2N3O/c1-2-14-12-18(25)13-27-23(14)28-20(16-5-8-17(24)9-6-16)19-10-7-15-4-3-11-26-21(15)22(19)29/h3-13,20,29H,2H2,1H3,(H,27,28). The van der Waals surface area contributed by atoms with Crippen molar-refractivity contribution >= 4 is 39.9 Å². The average molecular weight is 424 g/mol. The van der Waals surface area contributed by atoms with Crippen molar-refractivity contribution < 1.29 is 5.11 Å². The van der Waals surface area contributed by atoms with Crippen LogP contribution in [0.4, 0.5) is 5.82 Å². The lowest BCUT2D eigenvalue weighted by molar-refractivity contribution is 0.471. The van der Waals surface area contributed by atoms with E-state index in [-0.39, 0.29) is 11.8 Å². The summed E-state index contributed by atoms with van der Waals surface area (Å²) in [5.41, 5.74) is 3.21. The van der Waals surface area contributed by atoms with Crippen LogP contribution < -0.4 is 5.32 Å². The number of anilines is 1. The molecule has 0 saturated heterocycles. The van der Waals surface area contributed by atoms with Crippen LogP contribution in [-0.2, 0) is 6.42 Å². The fourth-order valence-electron chi connectivity index (χ4n) is 3.39. The van der Waals surface area contributed by atoms with Gasteiger partial charge in [-0.3, -0.25) is 4.98 Å². The van der Waals surface area contributed by atoms with Crippen molar-refractivity contribution in [2.45, 2.75) is 19.4 Å². The van der Waals surface area contributed by atoms with Crippen molar-refractivity contribution in [2.75, 3.05) is 5.32 Å². The minimum atomic E-state index is -0.349. The Morgan fingerprint density at radius 3 is 2.55 bits per heavy atom. The molecule has 0 radical (unpaired) electrons. The molecule has 0 aliphatic rings. The van der Waals surface area contributed by atoms with Crippen LogP contribution in [-0.4, -0.2) is 15.1 Å². The van der Waals surface area contributed by atoms with Gasteiger partial charge in [0.2, 0.25) is 0 Å². The number of hydrogen-bond acceptors (Lipinski definition) is 4. The molecular formula is C23H19Cl2N3O. The number of pyridine rings is 2. The van der Waals surface area contributed by atoms with Gasteiger partial charge < -0.3 is 10.4 Å². The third-order valence-corrected chi connectivity index (χ3v) is 5.35. The third-order valence-electron chi connectivity index (χ3n) is 4.89. The van der Waals surface area contributed by atoms with Crippen molar-refractivity contribution in [3.63, 3.8) is 0 Å². The number of halogens is 2. The Kier molecular flexibility index (Phi) is 5.56. The van der Waals surface area contributed by atoms with Crippen molar-refractivity contribution in [1.82, 2.24) is 9.97 Å². The largest absolute Gasteiger partial charge is 0.505 e. The number of aromatic hydroxyl groups is 1. The Balaban J connectivity index is 1.86. The number of hydrogen-bond donors (Lipinski definition) is 2. The second-order valence-electron chi connectivity index (χ2n) is 6.72. The minimum absolute atomic E-state index is 0.141. The maximum absolute atomic E-state index is 11.0. The number of rotatable bonds is 5. The highest BCUT2D eigenvalue weighted by atomic mass is 35.5. The fraction of sp³-hybridized carbons (Fsp3) is 0.130. The quantitative estimate of drug-likeness (QED) is 0.389. The van der Waals surface area contributed by atoms with E-state index in [1.807, 2.05) is 61.5 Å². The summed E-state index contributed by atoms with van der Waals surface area (Å²) in [6.45, 7) is 2.05. The van der Waals surface area contributed by atoms with Gasteiger partial charge in [0, 0.05) is 28.4 Å². The summed E-state index contributed by atoms with van der Waals surface area (Å²) in [5, 5.41) is 16.6. The molecule has 0 saturated carbocycles. The predicted octanol–water partition coefficient (Wildman–Crippen LogP) is 6.41. The van der Waals surface area contributed by atoms with Crippen molar-refractivity contribution in [2.24, 2.45) is 0 Å². The highest BCUT2D eigenvalue weighted by molar-refractivity contribution is 6.30. The van der Waals surface area contributed by atoms with Gasteiger partial charge >= 0.3 is 0 Å². The van der Waals surface area contributed by atoms with Crippen LogP contribution in [0.2, 0.25) is 10.0 Å². The zero-order chi connectivity index (χ0) is 20.4. The zero-order valence-corrected chi connectivity index (χ0v) is 17.2. The van der Waals surface area contributed by atoms with Crippen molar-refractivity contribution in [3.05, 3.63) is 93.7 Å². The Morgan fingerprint density at radius 1 is 1.00 bits per heavy atom. The molecule has 2 heterocycles. The Hall–Kier alpha value is -2.82. The SMILES string of the molecule is CCc1cc(Cl)cnc1NC(c1ccc(Cl)cc1)c1ccc2cccnc2c1O. The van der Waals surface area contributed by atoms with Crippen molar-refractivity contribution in [3.8, 4) is 5.75 Å². The molecule has 4 nitrogen and oxygen atoms in total. The molecule has 6 heteroatoms. The first kappa shape index (κ1) is 19.5. The molecule has 2 aromatic heterocycles. The fourth-order valence-corrected chi connectivity index (χ4v) is 3.70. The minimum Gasteiger partial charge on any atom is -0.505 e. The first-order valence-electron chi connectivity index (χ1n) is 9.30. The molecule has 2 N–H and O–H groups in total. The normalized spacial score (nSPS) is 12.1. The molecule has 0 spiro atoms. The van der Waals surface area contributed by atoms with Crippen LogP contribution in [0.1, 0.15) is 29.7 Å². The molecule has 0 aliphatic heterocycles. The maximum Gasteiger partial charge on any atom is 0.147 e. The summed E-state index contributed by atoms with van der Waals surface area (Å²) in [6.07, 6.45) is 4.06. The third kappa shape index (κ3) is 4.00. The van der Waals surface area contributed by atoms with Gasteiger partial charge in [-0.05, 0) is 41.8 Å². The second-order valence-corrected chi connectivity index (χ2v) is 7.60. The molecule has 1 atom stereocenters. The van der Waals surface area contributed by atoms with Gasteiger partial charge in [-0.25, -0.2) is 4.98 Å². The molecule has 29 heavy (non-hydrogen) atoms. The van der Waals surface area contributed by atoms with E-state index in [0.29, 0.717) is 21.1 Å². The number of nitrogens with zero attached hydrogens (tertiary/aromatic N) is 2. The lowest BCUT2D eigenvalue weighted by Gasteiger charge is -2.23. The van der Waals surface area contributed by atoms with Crippen LogP contribution in [0.25, 0.3) is 10.9 Å². The molecule has 2 aromatic carbocycles. The van der Waals surface area contributed by atoms with Gasteiger partial charge in [-0.2, -0.15) is 0 Å². The van der Waals surface area contributed by atoms with Crippen LogP contribution in [0.3, 0.4) is 0 Å². The van der Waals surface area contributed by atoms with E-state index < -0.39 is 0 Å². The second kappa shape index (κ2) is 8.27. The van der Waals surface area contributed by atoms with E-state index in [1.54, 1.807) is 12.4 Å². The number of phenolic OH excluding ortho intramolecular Hbond substituents is 1. The van der Waals surface area contributed by atoms with E-state index in [9.17, 15) is 5.11 Å². The van der Waals surface area contributed by atoms with Gasteiger partial charge in [0.1, 0.15) is 17.1 Å². The lowest BCUT2D eigenvalue weighted by Crippen LogP contribution is -2.15. The smallest absolute Gasteiger partial charge is 0.147 e. The van der Waals surface area contributed by atoms with E-state index in [0.717, 1.165) is 28.8 Å². The molecule has 1 unspecified atom stereocenters. The first-order chi connectivity index (χ1) is 14.1. The van der Waals surface area contributed by atoms with Gasteiger partial charge in [-0.1, -0.05) is 60.5 Å². The molecule has 146 valence electrons. The van der Waals surface area contributed by atoms with Crippen molar-refractivity contribution in [1.29, 1.82) is 0 Å². The van der Waals surface area contributed by atoms with Gasteiger partial charge in [0.25, 0.3) is 0 Å². The summed E-state index contributed by atoms with van der Waals surface area (Å²) < 4.78 is 0. The van der Waals surface area contributed by atoms with E-state index in [4.69, 9.17) is 23.2 Å². The molecule has 0 fully saturated rings. The number of phenols is 1. The predicted molar refractivity (Wildman–Crippen MR) is 119 cm³/mol. The van der Waals surface area contributed by atoms with Gasteiger partial charge in [-0.15, -0.1) is 0 Å². The number of aryl methyl sites for hydroxylation is 1. The molecule has 0 amide bonds. The van der Waals surface area contributed by atoms with E-state index >= 15 is 0 Å². The Morgan fingerprint density at radius 2 is 1.79 bits per heavy atom.